The molecule has 104 valence electrons. The third kappa shape index (κ3) is 2.88. The van der Waals surface area contributed by atoms with Crippen molar-refractivity contribution in [3.8, 4) is 11.1 Å². The van der Waals surface area contributed by atoms with Gasteiger partial charge in [-0.05, 0) is 5.56 Å². The second-order valence-electron chi connectivity index (χ2n) is 4.11. The lowest BCUT2D eigenvalue weighted by Gasteiger charge is -2.06. The molecule has 0 radical (unpaired) electrons. The number of anilines is 1. The number of carbonyl (C=O) groups is 2. The third-order valence-electron chi connectivity index (χ3n) is 2.84. The molecular formula is C15H15NO3S. The number of rotatable bonds is 4. The van der Waals surface area contributed by atoms with Gasteiger partial charge in [0, 0.05) is 17.4 Å². The van der Waals surface area contributed by atoms with Gasteiger partial charge in [0.05, 0.1) is 7.11 Å². The molecule has 0 atom stereocenters. The number of methoxy groups -OCH3 is 1. The molecule has 1 heterocycles. The Morgan fingerprint density at radius 2 is 1.95 bits per heavy atom. The Kier molecular flexibility index (Phi) is 4.53. The molecule has 1 N–H and O–H groups in total. The molecular weight excluding hydrogens is 274 g/mol. The molecule has 4 nitrogen and oxygen atoms in total. The summed E-state index contributed by atoms with van der Waals surface area (Å²) in [5, 5.41) is 5.13. The first kappa shape index (κ1) is 14.3. The van der Waals surface area contributed by atoms with Crippen LogP contribution in [0.1, 0.15) is 23.7 Å². The van der Waals surface area contributed by atoms with E-state index in [0.29, 0.717) is 17.0 Å². The molecule has 20 heavy (non-hydrogen) atoms. The topological polar surface area (TPSA) is 55.4 Å². The highest BCUT2D eigenvalue weighted by atomic mass is 32.1. The summed E-state index contributed by atoms with van der Waals surface area (Å²) >= 11 is 1.33. The molecule has 1 amide bonds. The van der Waals surface area contributed by atoms with Crippen LogP contribution in [-0.4, -0.2) is 19.0 Å². The minimum Gasteiger partial charge on any atom is -0.465 e. The maximum absolute atomic E-state index is 12.0. The summed E-state index contributed by atoms with van der Waals surface area (Å²) in [4.78, 5) is 23.5. The van der Waals surface area contributed by atoms with Crippen LogP contribution >= 0.6 is 11.3 Å². The van der Waals surface area contributed by atoms with Crippen molar-refractivity contribution in [3.63, 3.8) is 0 Å². The van der Waals surface area contributed by atoms with Gasteiger partial charge >= 0.3 is 5.97 Å². The smallest absolute Gasteiger partial charge is 0.341 e. The Morgan fingerprint density at radius 1 is 1.25 bits per heavy atom. The summed E-state index contributed by atoms with van der Waals surface area (Å²) in [6.45, 7) is 1.76. The van der Waals surface area contributed by atoms with E-state index >= 15 is 0 Å². The van der Waals surface area contributed by atoms with Gasteiger partial charge < -0.3 is 10.1 Å². The monoisotopic (exact) mass is 289 g/mol. The van der Waals surface area contributed by atoms with Crippen molar-refractivity contribution in [3.05, 3.63) is 41.3 Å². The number of amides is 1. The minimum absolute atomic E-state index is 0.128. The largest absolute Gasteiger partial charge is 0.465 e. The van der Waals surface area contributed by atoms with E-state index in [1.807, 2.05) is 35.7 Å². The molecule has 0 saturated carbocycles. The van der Waals surface area contributed by atoms with Crippen LogP contribution in [0.2, 0.25) is 0 Å². The van der Waals surface area contributed by atoms with E-state index in [9.17, 15) is 9.59 Å². The first-order chi connectivity index (χ1) is 9.67. The van der Waals surface area contributed by atoms with Gasteiger partial charge in [-0.2, -0.15) is 0 Å². The average molecular weight is 289 g/mol. The van der Waals surface area contributed by atoms with Gasteiger partial charge in [0.1, 0.15) is 10.6 Å². The maximum Gasteiger partial charge on any atom is 0.341 e. The summed E-state index contributed by atoms with van der Waals surface area (Å²) in [6.07, 6.45) is 0.360. The molecule has 0 bridgehead atoms. The molecule has 0 aliphatic rings. The van der Waals surface area contributed by atoms with Crippen molar-refractivity contribution in [2.45, 2.75) is 13.3 Å². The standard InChI is InChI=1S/C15H15NO3S/c1-3-12(17)16-14-13(15(18)19-2)11(9-20-14)10-7-5-4-6-8-10/h4-9H,3H2,1-2H3,(H,16,17). The molecule has 0 aliphatic carbocycles. The molecule has 2 rings (SSSR count). The van der Waals surface area contributed by atoms with Crippen molar-refractivity contribution in [2.75, 3.05) is 12.4 Å². The molecule has 1 aromatic heterocycles. The van der Waals surface area contributed by atoms with Crippen LogP contribution in [0.3, 0.4) is 0 Å². The number of ether oxygens (including phenoxy) is 1. The fraction of sp³-hybridized carbons (Fsp3) is 0.200. The number of hydrogen-bond donors (Lipinski definition) is 1. The van der Waals surface area contributed by atoms with Crippen LogP contribution < -0.4 is 5.32 Å². The van der Waals surface area contributed by atoms with Crippen LogP contribution in [0.4, 0.5) is 5.00 Å². The van der Waals surface area contributed by atoms with Gasteiger partial charge in [0.2, 0.25) is 5.91 Å². The highest BCUT2D eigenvalue weighted by Crippen LogP contribution is 2.36. The second kappa shape index (κ2) is 6.34. The molecule has 2 aromatic rings. The zero-order chi connectivity index (χ0) is 14.5. The summed E-state index contributed by atoms with van der Waals surface area (Å²) in [5.74, 6) is -0.576. The fourth-order valence-corrected chi connectivity index (χ4v) is 2.77. The fourth-order valence-electron chi connectivity index (χ4n) is 1.80. The van der Waals surface area contributed by atoms with Gasteiger partial charge in [-0.15, -0.1) is 11.3 Å². The van der Waals surface area contributed by atoms with E-state index in [4.69, 9.17) is 4.74 Å². The zero-order valence-corrected chi connectivity index (χ0v) is 12.1. The number of benzene rings is 1. The number of esters is 1. The van der Waals surface area contributed by atoms with Gasteiger partial charge in [0.25, 0.3) is 0 Å². The maximum atomic E-state index is 12.0. The van der Waals surface area contributed by atoms with E-state index in [-0.39, 0.29) is 5.91 Å². The lowest BCUT2D eigenvalue weighted by atomic mass is 10.0. The van der Waals surface area contributed by atoms with E-state index in [0.717, 1.165) is 11.1 Å². The highest BCUT2D eigenvalue weighted by molar-refractivity contribution is 7.15. The van der Waals surface area contributed by atoms with Crippen molar-refractivity contribution in [1.29, 1.82) is 0 Å². The van der Waals surface area contributed by atoms with Crippen LogP contribution in [0.15, 0.2) is 35.7 Å². The third-order valence-corrected chi connectivity index (χ3v) is 3.73. The van der Waals surface area contributed by atoms with Crippen LogP contribution in [-0.2, 0) is 9.53 Å². The summed E-state index contributed by atoms with van der Waals surface area (Å²) in [7, 11) is 1.33. The lowest BCUT2D eigenvalue weighted by Crippen LogP contribution is -2.12. The Balaban J connectivity index is 2.48. The lowest BCUT2D eigenvalue weighted by molar-refractivity contribution is -0.115. The summed E-state index contributed by atoms with van der Waals surface area (Å²) < 4.78 is 4.83. The molecule has 0 saturated heterocycles. The molecule has 0 fully saturated rings. The summed E-state index contributed by atoms with van der Waals surface area (Å²) in [6, 6.07) is 9.55. The Hall–Kier alpha value is -2.14. The zero-order valence-electron chi connectivity index (χ0n) is 11.3. The number of carbonyl (C=O) groups excluding carboxylic acids is 2. The Labute approximate surface area is 121 Å². The number of hydrogen-bond acceptors (Lipinski definition) is 4. The Morgan fingerprint density at radius 3 is 2.55 bits per heavy atom. The highest BCUT2D eigenvalue weighted by Gasteiger charge is 2.21. The average Bonchev–Trinajstić information content (AvgIpc) is 2.90. The quantitative estimate of drug-likeness (QED) is 0.876. The van der Waals surface area contributed by atoms with Crippen molar-refractivity contribution < 1.29 is 14.3 Å². The second-order valence-corrected chi connectivity index (χ2v) is 4.99. The van der Waals surface area contributed by atoms with Gasteiger partial charge in [-0.25, -0.2) is 4.79 Å². The molecule has 5 heteroatoms. The van der Waals surface area contributed by atoms with E-state index < -0.39 is 5.97 Å². The number of nitrogens with one attached hydrogen (secondary N) is 1. The van der Waals surface area contributed by atoms with Crippen molar-refractivity contribution in [2.24, 2.45) is 0 Å². The van der Waals surface area contributed by atoms with Crippen molar-refractivity contribution >= 4 is 28.2 Å². The van der Waals surface area contributed by atoms with Gasteiger partial charge in [0.15, 0.2) is 0 Å². The molecule has 0 unspecified atom stereocenters. The van der Waals surface area contributed by atoms with Gasteiger partial charge in [-0.1, -0.05) is 37.3 Å². The predicted octanol–water partition coefficient (Wildman–Crippen LogP) is 3.55. The Bertz CT molecular complexity index is 619. The molecule has 0 aliphatic heterocycles. The van der Waals surface area contributed by atoms with Crippen LogP contribution in [0.5, 0.6) is 0 Å². The number of thiophene rings is 1. The van der Waals surface area contributed by atoms with Crippen molar-refractivity contribution in [1.82, 2.24) is 0 Å². The first-order valence-corrected chi connectivity index (χ1v) is 7.10. The predicted molar refractivity (Wildman–Crippen MR) is 80.0 cm³/mol. The summed E-state index contributed by atoms with van der Waals surface area (Å²) in [5.41, 5.74) is 2.10. The van der Waals surface area contributed by atoms with E-state index in [1.165, 1.54) is 18.4 Å². The van der Waals surface area contributed by atoms with E-state index in [1.54, 1.807) is 6.92 Å². The van der Waals surface area contributed by atoms with Crippen LogP contribution in [0, 0.1) is 0 Å². The van der Waals surface area contributed by atoms with E-state index in [2.05, 4.69) is 5.32 Å². The first-order valence-electron chi connectivity index (χ1n) is 6.22. The SMILES string of the molecule is CCC(=O)Nc1scc(-c2ccccc2)c1C(=O)OC. The minimum atomic E-state index is -0.448. The molecule has 1 aromatic carbocycles. The normalized spacial score (nSPS) is 10.1. The molecule has 0 spiro atoms. The van der Waals surface area contributed by atoms with Crippen LogP contribution in [0.25, 0.3) is 11.1 Å². The van der Waals surface area contributed by atoms with Gasteiger partial charge in [-0.3, -0.25) is 4.79 Å².